The Labute approximate surface area is 409 Å². The van der Waals surface area contributed by atoms with Gasteiger partial charge in [0.2, 0.25) is 11.9 Å². The number of aromatic nitrogens is 8. The van der Waals surface area contributed by atoms with Crippen molar-refractivity contribution in [3.05, 3.63) is 89.7 Å². The third-order valence-electron chi connectivity index (χ3n) is 14.1. The number of nitrogens with two attached hydrogens (primary N) is 3. The molecular weight excluding hydrogens is 947 g/mol. The van der Waals surface area contributed by atoms with Crippen molar-refractivity contribution in [2.24, 2.45) is 38.7 Å². The Bertz CT molecular complexity index is 2630. The van der Waals surface area contributed by atoms with Crippen LogP contribution in [0.1, 0.15) is 96.4 Å². The number of halogens is 1. The second-order valence-electron chi connectivity index (χ2n) is 19.2. The maximum Gasteiger partial charge on any atom is 0.490 e. The van der Waals surface area contributed by atoms with Crippen LogP contribution in [0.5, 0.6) is 0 Å². The van der Waals surface area contributed by atoms with E-state index in [-0.39, 0.29) is 10.2 Å². The smallest absolute Gasteiger partial charge is 0.423 e. The van der Waals surface area contributed by atoms with Crippen LogP contribution in [0.4, 0.5) is 11.9 Å². The molecule has 0 unspecified atom stereocenters. The molecule has 2 saturated carbocycles. The first-order valence-electron chi connectivity index (χ1n) is 23.3. The fraction of sp³-hybridized carbons (Fsp3) is 0.522. The molecule has 2 aliphatic carbocycles. The van der Waals surface area contributed by atoms with E-state index in [9.17, 15) is 4.21 Å². The van der Waals surface area contributed by atoms with Crippen LogP contribution in [-0.4, -0.2) is 103 Å². The van der Waals surface area contributed by atoms with Crippen LogP contribution in [0.3, 0.4) is 0 Å². The third kappa shape index (κ3) is 11.2. The van der Waals surface area contributed by atoms with Crippen molar-refractivity contribution in [1.29, 1.82) is 0 Å². The number of piperidine rings is 2. The Balaban J connectivity index is 0.000000160. The number of fused-ring (bicyclic) bond motifs is 2. The number of anilines is 2. The summed E-state index contributed by atoms with van der Waals surface area (Å²) in [4.78, 5) is 31.7. The normalized spacial score (nSPS) is 20.2. The minimum Gasteiger partial charge on any atom is -0.423 e. The van der Waals surface area contributed by atoms with Gasteiger partial charge in [0.25, 0.3) is 0 Å². The van der Waals surface area contributed by atoms with E-state index in [1.165, 1.54) is 38.3 Å². The summed E-state index contributed by atoms with van der Waals surface area (Å²) in [6, 6.07) is 7.99. The summed E-state index contributed by atoms with van der Waals surface area (Å²) in [7, 11) is -2.42. The molecule has 0 radical (unpaired) electrons. The molecule has 2 aliphatic heterocycles. The Hall–Kier alpha value is -5.13. The van der Waals surface area contributed by atoms with E-state index in [2.05, 4.69) is 94.3 Å². The van der Waals surface area contributed by atoms with Gasteiger partial charge < -0.3 is 37.3 Å². The highest BCUT2D eigenvalue weighted by atomic mass is 79.9. The first-order valence-corrected chi connectivity index (χ1v) is 25.3. The van der Waals surface area contributed by atoms with Crippen molar-refractivity contribution in [3.63, 3.8) is 0 Å². The molecule has 68 heavy (non-hydrogen) atoms. The molecule has 0 aromatic carbocycles. The summed E-state index contributed by atoms with van der Waals surface area (Å²) in [5.74, 6) is 10.7. The molecule has 10 rings (SSSR count). The molecular formula is C46H66BBrN16O3S. The van der Waals surface area contributed by atoms with Gasteiger partial charge in [0, 0.05) is 104 Å². The molecule has 0 bridgehead atoms. The summed E-state index contributed by atoms with van der Waals surface area (Å²) >= 11 is 3.61. The molecule has 19 nitrogen and oxygen atoms in total. The van der Waals surface area contributed by atoms with Crippen LogP contribution in [0.15, 0.2) is 88.8 Å². The zero-order chi connectivity index (χ0) is 48.6. The van der Waals surface area contributed by atoms with Crippen molar-refractivity contribution in [2.75, 3.05) is 36.0 Å². The summed E-state index contributed by atoms with van der Waals surface area (Å²) < 4.78 is 21.1. The van der Waals surface area contributed by atoms with Gasteiger partial charge in [0.15, 0.2) is 5.65 Å². The Morgan fingerprint density at radius 3 is 1.84 bits per heavy atom. The van der Waals surface area contributed by atoms with Crippen LogP contribution in [0.25, 0.3) is 22.4 Å². The van der Waals surface area contributed by atoms with Crippen molar-refractivity contribution >= 4 is 62.7 Å². The lowest BCUT2D eigenvalue weighted by Crippen LogP contribution is -2.51. The Kier molecular flexibility index (Phi) is 16.5. The molecule has 6 aromatic rings. The Morgan fingerprint density at radius 2 is 1.32 bits per heavy atom. The van der Waals surface area contributed by atoms with Gasteiger partial charge in [-0.25, -0.2) is 28.9 Å². The summed E-state index contributed by atoms with van der Waals surface area (Å²) in [5.41, 5.74) is 13.4. The number of hydrogen-bond acceptors (Lipinski definition) is 14. The highest BCUT2D eigenvalue weighted by Gasteiger charge is 2.47. The van der Waals surface area contributed by atoms with Crippen LogP contribution >= 0.6 is 15.9 Å². The summed E-state index contributed by atoms with van der Waals surface area (Å²) in [6.45, 7) is 14.2. The van der Waals surface area contributed by atoms with Crippen molar-refractivity contribution in [2.45, 2.75) is 116 Å². The molecule has 0 amide bonds. The van der Waals surface area contributed by atoms with Crippen molar-refractivity contribution in [1.82, 2.24) is 43.4 Å². The Morgan fingerprint density at radius 1 is 0.779 bits per heavy atom. The number of rotatable bonds is 6. The summed E-state index contributed by atoms with van der Waals surface area (Å²) in [6.07, 6.45) is 26.2. The van der Waals surface area contributed by atoms with Gasteiger partial charge >= 0.3 is 7.12 Å². The van der Waals surface area contributed by atoms with Gasteiger partial charge in [-0.15, -0.1) is 0 Å². The fourth-order valence-electron chi connectivity index (χ4n) is 10.3. The molecule has 4 aliphatic rings. The number of imidazole rings is 2. The maximum atomic E-state index is 12.7. The first kappa shape index (κ1) is 50.7. The lowest BCUT2D eigenvalue weighted by Gasteiger charge is -2.44. The van der Waals surface area contributed by atoms with Crippen molar-refractivity contribution < 1.29 is 14.3 Å². The highest BCUT2D eigenvalue weighted by Crippen LogP contribution is 2.48. The number of hydrogen-bond donors (Lipinski definition) is 6. The van der Waals surface area contributed by atoms with E-state index in [0.717, 1.165) is 108 Å². The number of nitrogens with one attached hydrogen (secondary N) is 1. The zero-order valence-corrected chi connectivity index (χ0v) is 42.1. The lowest BCUT2D eigenvalue weighted by atomic mass is 9.74. The minimum atomic E-state index is -1.40. The van der Waals surface area contributed by atoms with Gasteiger partial charge in [0.05, 0.1) is 31.6 Å². The largest absolute Gasteiger partial charge is 0.490 e. The molecule has 9 N–H and O–H groups in total. The number of nitrogens with zero attached hydrogens (tertiary/aromatic N) is 12. The standard InChI is InChI=1S/C21H26N6.C20H30BrN5OS.C5H6BNO2.H4N4/c1-15-18(16-4-3-9-23-14-16)19-24-10-13-27(19)20(25-15)26-11-7-21(8-12-26)6-2-5-17(21)22;1-14-16(21)17-22-10-13-26(17)18(23-14)25-11-8-20(9-12-25)7-5-6-15(20)24-28(27)19(2,3)4;8-6(9)5-2-1-3-7-4-5;1-3-4-2/h3-4,9-10,13-14,17H,2,5-8,11-12,22H2,1H3;10,13,15,24H,5-9,11-12H2,1-4H3;1-4,8-9H;(H2,1,4)(H2,2,3)/t17-;15-,28-;;/m11../s1. The van der Waals surface area contributed by atoms with E-state index < -0.39 is 18.1 Å². The topological polar surface area (TPSA) is 265 Å². The van der Waals surface area contributed by atoms with Gasteiger partial charge in [-0.1, -0.05) is 35.4 Å². The van der Waals surface area contributed by atoms with E-state index >= 15 is 0 Å². The predicted octanol–water partition coefficient (Wildman–Crippen LogP) is 5.14. The minimum absolute atomic E-state index is 0.226. The molecule has 2 saturated heterocycles. The van der Waals surface area contributed by atoms with E-state index in [1.807, 2.05) is 64.7 Å². The second kappa shape index (κ2) is 22.1. The van der Waals surface area contributed by atoms with Crippen LogP contribution < -0.4 is 37.4 Å². The highest BCUT2D eigenvalue weighted by molar-refractivity contribution is 9.10. The molecule has 2 spiro atoms. The number of pyridine rings is 2. The van der Waals surface area contributed by atoms with Gasteiger partial charge in [-0.05, 0) is 125 Å². The van der Waals surface area contributed by atoms with Crippen LogP contribution in [0, 0.1) is 24.7 Å². The van der Waals surface area contributed by atoms with Gasteiger partial charge in [-0.3, -0.25) is 18.8 Å². The molecule has 22 heteroatoms. The van der Waals surface area contributed by atoms with E-state index in [1.54, 1.807) is 24.5 Å². The van der Waals surface area contributed by atoms with Crippen LogP contribution in [0.2, 0.25) is 0 Å². The monoisotopic (exact) mass is 1010 g/mol. The molecule has 6 aromatic heterocycles. The third-order valence-corrected chi connectivity index (χ3v) is 16.7. The predicted molar refractivity (Wildman–Crippen MR) is 272 cm³/mol. The molecule has 3 atom stereocenters. The quantitative estimate of drug-likeness (QED) is 0.0547. The SMILES string of the molecule is Cc1nc(N2CCC3(CCC[C@H]3N)CC2)n2ccnc2c1-c1cccnc1.Cc1nc(N2CCC3(CCC[C@H]3N[S@](=O)C(C)(C)C)CC2)n2ccnc2c1Br.N/N=N/N.OB(O)c1cccnc1. The van der Waals surface area contributed by atoms with Crippen molar-refractivity contribution in [3.8, 4) is 11.1 Å². The van der Waals surface area contributed by atoms with Crippen LogP contribution in [-0.2, 0) is 11.0 Å². The fourth-order valence-corrected chi connectivity index (χ4v) is 11.6. The first-order chi connectivity index (χ1) is 32.6. The molecule has 364 valence electrons. The second-order valence-corrected chi connectivity index (χ2v) is 22.0. The summed E-state index contributed by atoms with van der Waals surface area (Å²) in [5, 5.41) is 22.4. The average Bonchev–Trinajstić information content (AvgIpc) is 4.18. The van der Waals surface area contributed by atoms with E-state index in [4.69, 9.17) is 25.7 Å². The molecule has 8 heterocycles. The zero-order valence-electron chi connectivity index (χ0n) is 39.7. The maximum absolute atomic E-state index is 12.7. The van der Waals surface area contributed by atoms with E-state index in [0.29, 0.717) is 23.0 Å². The van der Waals surface area contributed by atoms with Gasteiger partial charge in [0.1, 0.15) is 5.65 Å². The van der Waals surface area contributed by atoms with Gasteiger partial charge in [-0.2, -0.15) is 0 Å². The lowest BCUT2D eigenvalue weighted by molar-refractivity contribution is 0.187. The average molecular weight is 1010 g/mol. The number of aryl methyl sites for hydroxylation is 2. The molecule has 4 fully saturated rings.